The maximum atomic E-state index is 13.5. The van der Waals surface area contributed by atoms with Crippen LogP contribution in [0.15, 0.2) is 42.5 Å². The molecule has 98 valence electrons. The standard InChI is InChI=1S/C14H12F2N2O/c1-18(10-7-5-9(17)6-8-10)14(19)11-3-2-4-12(15)13(11)16/h2-8H,17H2,1H3. The maximum absolute atomic E-state index is 13.5. The van der Waals surface area contributed by atoms with Crippen LogP contribution in [0.1, 0.15) is 10.4 Å². The molecule has 0 saturated carbocycles. The molecule has 19 heavy (non-hydrogen) atoms. The summed E-state index contributed by atoms with van der Waals surface area (Å²) in [6.45, 7) is 0. The molecule has 0 aliphatic carbocycles. The molecule has 0 fully saturated rings. The van der Waals surface area contributed by atoms with Crippen LogP contribution in [0.3, 0.4) is 0 Å². The van der Waals surface area contributed by atoms with Gasteiger partial charge in [0.25, 0.3) is 5.91 Å². The maximum Gasteiger partial charge on any atom is 0.261 e. The Balaban J connectivity index is 2.33. The van der Waals surface area contributed by atoms with Crippen LogP contribution in [0.5, 0.6) is 0 Å². The highest BCUT2D eigenvalue weighted by Gasteiger charge is 2.19. The molecule has 0 saturated heterocycles. The van der Waals surface area contributed by atoms with E-state index in [0.717, 1.165) is 6.07 Å². The summed E-state index contributed by atoms with van der Waals surface area (Å²) in [5.41, 5.74) is 6.34. The van der Waals surface area contributed by atoms with E-state index in [1.54, 1.807) is 24.3 Å². The minimum absolute atomic E-state index is 0.306. The van der Waals surface area contributed by atoms with Crippen LogP contribution in [0.4, 0.5) is 20.2 Å². The van der Waals surface area contributed by atoms with E-state index in [0.29, 0.717) is 11.4 Å². The lowest BCUT2D eigenvalue weighted by Gasteiger charge is -2.18. The SMILES string of the molecule is CN(C(=O)c1cccc(F)c1F)c1ccc(N)cc1. The van der Waals surface area contributed by atoms with Gasteiger partial charge in [-0.1, -0.05) is 6.07 Å². The lowest BCUT2D eigenvalue weighted by atomic mass is 10.1. The Labute approximate surface area is 109 Å². The van der Waals surface area contributed by atoms with E-state index in [9.17, 15) is 13.6 Å². The van der Waals surface area contributed by atoms with Gasteiger partial charge in [-0.25, -0.2) is 8.78 Å². The van der Waals surface area contributed by atoms with Crippen LogP contribution in [-0.2, 0) is 0 Å². The second-order valence-corrected chi connectivity index (χ2v) is 4.06. The summed E-state index contributed by atoms with van der Waals surface area (Å²) >= 11 is 0. The number of carbonyl (C=O) groups is 1. The lowest BCUT2D eigenvalue weighted by molar-refractivity contribution is 0.0988. The third-order valence-electron chi connectivity index (χ3n) is 2.77. The Morgan fingerprint density at radius 3 is 2.37 bits per heavy atom. The fourth-order valence-electron chi connectivity index (χ4n) is 1.66. The predicted octanol–water partition coefficient (Wildman–Crippen LogP) is 2.82. The van der Waals surface area contributed by atoms with E-state index >= 15 is 0 Å². The van der Waals surface area contributed by atoms with E-state index in [-0.39, 0.29) is 5.56 Å². The van der Waals surface area contributed by atoms with E-state index in [4.69, 9.17) is 5.73 Å². The van der Waals surface area contributed by atoms with Crippen LogP contribution in [0.25, 0.3) is 0 Å². The van der Waals surface area contributed by atoms with Crippen LogP contribution in [0, 0.1) is 11.6 Å². The summed E-state index contributed by atoms with van der Waals surface area (Å²) in [6, 6.07) is 10.0. The summed E-state index contributed by atoms with van der Waals surface area (Å²) in [5, 5.41) is 0. The molecule has 0 aliphatic heterocycles. The van der Waals surface area contributed by atoms with Crippen LogP contribution in [0.2, 0.25) is 0 Å². The van der Waals surface area contributed by atoms with Gasteiger partial charge in [-0.2, -0.15) is 0 Å². The molecule has 2 aromatic carbocycles. The van der Waals surface area contributed by atoms with Gasteiger partial charge >= 0.3 is 0 Å². The van der Waals surface area contributed by atoms with Crippen LogP contribution in [-0.4, -0.2) is 13.0 Å². The first-order valence-electron chi connectivity index (χ1n) is 5.58. The van der Waals surface area contributed by atoms with E-state index in [1.807, 2.05) is 0 Å². The minimum atomic E-state index is -1.14. The normalized spacial score (nSPS) is 10.3. The summed E-state index contributed by atoms with van der Waals surface area (Å²) in [5.74, 6) is -2.81. The molecular weight excluding hydrogens is 250 g/mol. The average Bonchev–Trinajstić information content (AvgIpc) is 2.41. The zero-order valence-electron chi connectivity index (χ0n) is 10.2. The van der Waals surface area contributed by atoms with Crippen molar-refractivity contribution in [1.29, 1.82) is 0 Å². The second kappa shape index (κ2) is 5.06. The smallest absolute Gasteiger partial charge is 0.261 e. The molecule has 0 bridgehead atoms. The van der Waals surface area contributed by atoms with Gasteiger partial charge in [0.1, 0.15) is 0 Å². The van der Waals surface area contributed by atoms with Crippen LogP contribution >= 0.6 is 0 Å². The van der Waals surface area contributed by atoms with E-state index < -0.39 is 17.5 Å². The molecule has 1 amide bonds. The molecule has 0 unspecified atom stereocenters. The van der Waals surface area contributed by atoms with Gasteiger partial charge < -0.3 is 10.6 Å². The van der Waals surface area contributed by atoms with Crippen molar-refractivity contribution < 1.29 is 13.6 Å². The molecule has 5 heteroatoms. The number of hydrogen-bond acceptors (Lipinski definition) is 2. The third kappa shape index (κ3) is 2.54. The Kier molecular flexibility index (Phi) is 3.46. The topological polar surface area (TPSA) is 46.3 Å². The number of amides is 1. The zero-order chi connectivity index (χ0) is 14.0. The number of nitrogens with two attached hydrogens (primary N) is 1. The Morgan fingerprint density at radius 2 is 1.74 bits per heavy atom. The predicted molar refractivity (Wildman–Crippen MR) is 69.9 cm³/mol. The van der Waals surface area contributed by atoms with Gasteiger partial charge in [0.2, 0.25) is 0 Å². The number of halogens is 2. The van der Waals surface area contributed by atoms with Crippen molar-refractivity contribution in [2.24, 2.45) is 0 Å². The number of hydrogen-bond donors (Lipinski definition) is 1. The van der Waals surface area contributed by atoms with Gasteiger partial charge in [-0.3, -0.25) is 4.79 Å². The molecule has 0 radical (unpaired) electrons. The highest BCUT2D eigenvalue weighted by Crippen LogP contribution is 2.19. The summed E-state index contributed by atoms with van der Waals surface area (Å²) < 4.78 is 26.6. The molecule has 2 aromatic rings. The first-order chi connectivity index (χ1) is 9.00. The summed E-state index contributed by atoms with van der Waals surface area (Å²) in [4.78, 5) is 13.3. The molecule has 2 N–H and O–H groups in total. The second-order valence-electron chi connectivity index (χ2n) is 4.06. The average molecular weight is 262 g/mol. The van der Waals surface area contributed by atoms with Crippen molar-refractivity contribution in [3.63, 3.8) is 0 Å². The first-order valence-corrected chi connectivity index (χ1v) is 5.58. The molecular formula is C14H12F2N2O. The Morgan fingerprint density at radius 1 is 1.11 bits per heavy atom. The van der Waals surface area contributed by atoms with Gasteiger partial charge in [-0.05, 0) is 36.4 Å². The van der Waals surface area contributed by atoms with Crippen LogP contribution < -0.4 is 10.6 Å². The van der Waals surface area contributed by atoms with E-state index in [1.165, 1.54) is 24.1 Å². The Hall–Kier alpha value is -2.43. The first kappa shape index (κ1) is 13.0. The minimum Gasteiger partial charge on any atom is -0.399 e. The van der Waals surface area contributed by atoms with Crippen molar-refractivity contribution >= 4 is 17.3 Å². The highest BCUT2D eigenvalue weighted by molar-refractivity contribution is 6.05. The number of carbonyl (C=O) groups excluding carboxylic acids is 1. The van der Waals surface area contributed by atoms with Crippen molar-refractivity contribution in [3.8, 4) is 0 Å². The Bertz CT molecular complexity index is 611. The van der Waals surface area contributed by atoms with Crippen molar-refractivity contribution in [1.82, 2.24) is 0 Å². The zero-order valence-corrected chi connectivity index (χ0v) is 10.2. The quantitative estimate of drug-likeness (QED) is 0.846. The molecule has 0 aromatic heterocycles. The van der Waals surface area contributed by atoms with Gasteiger partial charge in [-0.15, -0.1) is 0 Å². The number of nitrogen functional groups attached to an aromatic ring is 1. The van der Waals surface area contributed by atoms with E-state index in [2.05, 4.69) is 0 Å². The molecule has 2 rings (SSSR count). The van der Waals surface area contributed by atoms with Crippen molar-refractivity contribution in [3.05, 3.63) is 59.7 Å². The monoisotopic (exact) mass is 262 g/mol. The fourth-order valence-corrected chi connectivity index (χ4v) is 1.66. The fraction of sp³-hybridized carbons (Fsp3) is 0.0714. The largest absolute Gasteiger partial charge is 0.399 e. The number of nitrogens with zero attached hydrogens (tertiary/aromatic N) is 1. The lowest BCUT2D eigenvalue weighted by Crippen LogP contribution is -2.27. The summed E-state index contributed by atoms with van der Waals surface area (Å²) in [6.07, 6.45) is 0. The third-order valence-corrected chi connectivity index (χ3v) is 2.77. The van der Waals surface area contributed by atoms with Gasteiger partial charge in [0.15, 0.2) is 11.6 Å². The highest BCUT2D eigenvalue weighted by atomic mass is 19.2. The van der Waals surface area contributed by atoms with Gasteiger partial charge in [0.05, 0.1) is 5.56 Å². The van der Waals surface area contributed by atoms with Crippen molar-refractivity contribution in [2.45, 2.75) is 0 Å². The van der Waals surface area contributed by atoms with Crippen molar-refractivity contribution in [2.75, 3.05) is 17.7 Å². The summed E-state index contributed by atoms with van der Waals surface area (Å²) in [7, 11) is 1.48. The number of anilines is 2. The number of rotatable bonds is 2. The molecule has 0 spiro atoms. The molecule has 0 atom stereocenters. The molecule has 0 heterocycles. The molecule has 0 aliphatic rings. The molecule has 3 nitrogen and oxygen atoms in total. The number of benzene rings is 2. The van der Waals surface area contributed by atoms with Gasteiger partial charge in [0, 0.05) is 18.4 Å².